The third kappa shape index (κ3) is 2.96. The number of rotatable bonds is 4. The fourth-order valence-electron chi connectivity index (χ4n) is 1.47. The highest BCUT2D eigenvalue weighted by Gasteiger charge is 2.09. The van der Waals surface area contributed by atoms with Crippen molar-refractivity contribution in [2.45, 2.75) is 6.42 Å². The Bertz CT molecular complexity index is 549. The zero-order valence-electron chi connectivity index (χ0n) is 9.51. The molecule has 0 saturated heterocycles. The van der Waals surface area contributed by atoms with E-state index < -0.39 is 0 Å². The van der Waals surface area contributed by atoms with Crippen LogP contribution in [0.5, 0.6) is 11.6 Å². The van der Waals surface area contributed by atoms with E-state index in [1.54, 1.807) is 0 Å². The first-order valence-electron chi connectivity index (χ1n) is 5.35. The van der Waals surface area contributed by atoms with Gasteiger partial charge in [0.25, 0.3) is 0 Å². The Morgan fingerprint density at radius 1 is 1.33 bits per heavy atom. The molecule has 0 aliphatic heterocycles. The molecule has 6 heteroatoms. The van der Waals surface area contributed by atoms with E-state index in [1.807, 2.05) is 24.3 Å². The third-order valence-electron chi connectivity index (χ3n) is 2.29. The van der Waals surface area contributed by atoms with E-state index in [2.05, 4.69) is 25.9 Å². The summed E-state index contributed by atoms with van der Waals surface area (Å²) < 4.78 is 6.31. The van der Waals surface area contributed by atoms with Crippen molar-refractivity contribution in [2.24, 2.45) is 0 Å². The molecule has 0 radical (unpaired) electrons. The molecule has 18 heavy (non-hydrogen) atoms. The van der Waals surface area contributed by atoms with Crippen molar-refractivity contribution in [3.05, 3.63) is 40.5 Å². The Morgan fingerprint density at radius 2 is 2.11 bits per heavy atom. The summed E-state index contributed by atoms with van der Waals surface area (Å²) in [5, 5.41) is 9.00. The SMILES string of the molecule is Nc1ncc(Br)c(Oc2ccccc2CCO)n1. The summed E-state index contributed by atoms with van der Waals surface area (Å²) in [5.74, 6) is 1.14. The Balaban J connectivity index is 2.30. The lowest BCUT2D eigenvalue weighted by Gasteiger charge is -2.10. The van der Waals surface area contributed by atoms with E-state index in [1.165, 1.54) is 6.20 Å². The molecule has 1 heterocycles. The molecule has 0 unspecified atom stereocenters. The molecule has 0 aliphatic carbocycles. The normalized spacial score (nSPS) is 10.3. The summed E-state index contributed by atoms with van der Waals surface area (Å²) in [6, 6.07) is 7.45. The smallest absolute Gasteiger partial charge is 0.238 e. The second-order valence-corrected chi connectivity index (χ2v) is 4.42. The standard InChI is InChI=1S/C12H12BrN3O2/c13-9-7-15-12(14)16-11(9)18-10-4-2-1-3-8(10)5-6-17/h1-4,7,17H,5-6H2,(H2,14,15,16). The van der Waals surface area contributed by atoms with Gasteiger partial charge in [-0.2, -0.15) is 4.98 Å². The van der Waals surface area contributed by atoms with Crippen LogP contribution in [0.3, 0.4) is 0 Å². The number of nitrogen functional groups attached to an aromatic ring is 1. The van der Waals surface area contributed by atoms with E-state index in [0.29, 0.717) is 22.5 Å². The number of aliphatic hydroxyl groups excluding tert-OH is 1. The minimum Gasteiger partial charge on any atom is -0.437 e. The van der Waals surface area contributed by atoms with Gasteiger partial charge < -0.3 is 15.6 Å². The molecular formula is C12H12BrN3O2. The van der Waals surface area contributed by atoms with E-state index in [-0.39, 0.29) is 12.6 Å². The highest BCUT2D eigenvalue weighted by Crippen LogP contribution is 2.29. The lowest BCUT2D eigenvalue weighted by atomic mass is 10.1. The van der Waals surface area contributed by atoms with Gasteiger partial charge in [0.1, 0.15) is 5.75 Å². The van der Waals surface area contributed by atoms with Gasteiger partial charge in [0.05, 0.1) is 10.7 Å². The molecule has 0 saturated carbocycles. The van der Waals surface area contributed by atoms with Crippen molar-refractivity contribution >= 4 is 21.9 Å². The molecule has 0 bridgehead atoms. The van der Waals surface area contributed by atoms with Crippen molar-refractivity contribution in [1.82, 2.24) is 9.97 Å². The number of hydrogen-bond donors (Lipinski definition) is 2. The van der Waals surface area contributed by atoms with E-state index >= 15 is 0 Å². The maximum atomic E-state index is 9.00. The van der Waals surface area contributed by atoms with Gasteiger partial charge in [0.2, 0.25) is 11.8 Å². The van der Waals surface area contributed by atoms with Crippen LogP contribution in [0.4, 0.5) is 5.95 Å². The van der Waals surface area contributed by atoms with Crippen molar-refractivity contribution in [3.8, 4) is 11.6 Å². The van der Waals surface area contributed by atoms with Crippen LogP contribution in [-0.2, 0) is 6.42 Å². The fraction of sp³-hybridized carbons (Fsp3) is 0.167. The number of halogens is 1. The summed E-state index contributed by atoms with van der Waals surface area (Å²) in [7, 11) is 0. The summed E-state index contributed by atoms with van der Waals surface area (Å²) in [6.07, 6.45) is 2.06. The largest absolute Gasteiger partial charge is 0.437 e. The number of para-hydroxylation sites is 1. The van der Waals surface area contributed by atoms with Gasteiger partial charge in [-0.05, 0) is 34.0 Å². The summed E-state index contributed by atoms with van der Waals surface area (Å²) >= 11 is 3.30. The summed E-state index contributed by atoms with van der Waals surface area (Å²) in [5.41, 5.74) is 6.42. The van der Waals surface area contributed by atoms with Gasteiger partial charge >= 0.3 is 0 Å². The number of aromatic nitrogens is 2. The second-order valence-electron chi connectivity index (χ2n) is 3.56. The van der Waals surface area contributed by atoms with Crippen molar-refractivity contribution in [3.63, 3.8) is 0 Å². The Hall–Kier alpha value is -1.66. The van der Waals surface area contributed by atoms with Crippen LogP contribution in [0.1, 0.15) is 5.56 Å². The van der Waals surface area contributed by atoms with Crippen LogP contribution in [0.15, 0.2) is 34.9 Å². The first-order valence-corrected chi connectivity index (χ1v) is 6.14. The minimum absolute atomic E-state index is 0.0630. The Labute approximate surface area is 113 Å². The second kappa shape index (κ2) is 5.79. The molecule has 2 aromatic rings. The van der Waals surface area contributed by atoms with E-state index in [4.69, 9.17) is 15.6 Å². The average Bonchev–Trinajstić information content (AvgIpc) is 2.36. The molecule has 5 nitrogen and oxygen atoms in total. The van der Waals surface area contributed by atoms with E-state index in [9.17, 15) is 0 Å². The van der Waals surface area contributed by atoms with E-state index in [0.717, 1.165) is 5.56 Å². The lowest BCUT2D eigenvalue weighted by molar-refractivity contribution is 0.297. The van der Waals surface area contributed by atoms with Gasteiger partial charge in [-0.1, -0.05) is 18.2 Å². The minimum atomic E-state index is 0.0630. The molecule has 94 valence electrons. The number of ether oxygens (including phenoxy) is 1. The quantitative estimate of drug-likeness (QED) is 0.904. The number of benzene rings is 1. The highest BCUT2D eigenvalue weighted by atomic mass is 79.9. The van der Waals surface area contributed by atoms with Crippen LogP contribution in [0.25, 0.3) is 0 Å². The molecule has 0 spiro atoms. The molecular weight excluding hydrogens is 298 g/mol. The highest BCUT2D eigenvalue weighted by molar-refractivity contribution is 9.10. The van der Waals surface area contributed by atoms with Crippen LogP contribution >= 0.6 is 15.9 Å². The molecule has 0 amide bonds. The topological polar surface area (TPSA) is 81.3 Å². The zero-order chi connectivity index (χ0) is 13.0. The Kier molecular flexibility index (Phi) is 4.11. The number of aliphatic hydroxyl groups is 1. The maximum Gasteiger partial charge on any atom is 0.238 e. The van der Waals surface area contributed by atoms with Crippen molar-refractivity contribution in [1.29, 1.82) is 0 Å². The molecule has 2 rings (SSSR count). The number of hydrogen-bond acceptors (Lipinski definition) is 5. The first-order chi connectivity index (χ1) is 8.70. The summed E-state index contributed by atoms with van der Waals surface area (Å²) in [4.78, 5) is 7.84. The van der Waals surface area contributed by atoms with Gasteiger partial charge in [-0.25, -0.2) is 4.98 Å². The lowest BCUT2D eigenvalue weighted by Crippen LogP contribution is -2.00. The average molecular weight is 310 g/mol. The van der Waals surface area contributed by atoms with Crippen LogP contribution in [-0.4, -0.2) is 21.7 Å². The van der Waals surface area contributed by atoms with Crippen molar-refractivity contribution in [2.75, 3.05) is 12.3 Å². The number of nitrogens with zero attached hydrogens (tertiary/aromatic N) is 2. The van der Waals surface area contributed by atoms with Crippen LogP contribution < -0.4 is 10.5 Å². The van der Waals surface area contributed by atoms with Crippen LogP contribution in [0, 0.1) is 0 Å². The zero-order valence-corrected chi connectivity index (χ0v) is 11.1. The van der Waals surface area contributed by atoms with Gasteiger partial charge in [-0.15, -0.1) is 0 Å². The maximum absolute atomic E-state index is 9.00. The first kappa shape index (κ1) is 12.8. The molecule has 0 atom stereocenters. The van der Waals surface area contributed by atoms with Gasteiger partial charge in [0, 0.05) is 6.61 Å². The molecule has 0 fully saturated rings. The number of anilines is 1. The predicted molar refractivity (Wildman–Crippen MR) is 71.5 cm³/mol. The van der Waals surface area contributed by atoms with Gasteiger partial charge in [-0.3, -0.25) is 0 Å². The van der Waals surface area contributed by atoms with Gasteiger partial charge in [0.15, 0.2) is 0 Å². The molecule has 0 aliphatic rings. The predicted octanol–water partition coefficient (Wildman–Crippen LogP) is 2.15. The Morgan fingerprint density at radius 3 is 2.89 bits per heavy atom. The molecule has 3 N–H and O–H groups in total. The number of nitrogens with two attached hydrogens (primary N) is 1. The monoisotopic (exact) mass is 309 g/mol. The fourth-order valence-corrected chi connectivity index (χ4v) is 1.74. The van der Waals surface area contributed by atoms with Crippen molar-refractivity contribution < 1.29 is 9.84 Å². The summed E-state index contributed by atoms with van der Waals surface area (Å²) in [6.45, 7) is 0.0630. The molecule has 1 aromatic heterocycles. The molecule has 1 aromatic carbocycles. The third-order valence-corrected chi connectivity index (χ3v) is 2.83. The van der Waals surface area contributed by atoms with Crippen LogP contribution in [0.2, 0.25) is 0 Å².